The Balaban J connectivity index is 0. The lowest BCUT2D eigenvalue weighted by Gasteiger charge is -2.03. The Morgan fingerprint density at radius 2 is 1.94 bits per heavy atom. The molecule has 1 rings (SSSR count). The molecule has 0 aliphatic heterocycles. The normalized spacial score (nSPS) is 9.00. The van der Waals surface area contributed by atoms with E-state index in [9.17, 15) is 4.79 Å². The van der Waals surface area contributed by atoms with Crippen LogP contribution in [0.2, 0.25) is 0 Å². The molecule has 16 heavy (non-hydrogen) atoms. The van der Waals surface area contributed by atoms with Crippen molar-refractivity contribution in [2.45, 2.75) is 40.0 Å². The molecule has 0 aliphatic carbocycles. The van der Waals surface area contributed by atoms with E-state index < -0.39 is 0 Å². The molecule has 0 saturated heterocycles. The van der Waals surface area contributed by atoms with Crippen LogP contribution in [0.25, 0.3) is 0 Å². The summed E-state index contributed by atoms with van der Waals surface area (Å²) in [4.78, 5) is 11.0. The van der Waals surface area contributed by atoms with E-state index in [-0.39, 0.29) is 7.33 Å². The zero-order chi connectivity index (χ0) is 12.4. The van der Waals surface area contributed by atoms with Gasteiger partial charge in [-0.25, -0.2) is 0 Å². The molecule has 1 aromatic carbocycles. The highest BCUT2D eigenvalue weighted by molar-refractivity contribution is 5.75. The van der Waals surface area contributed by atoms with Gasteiger partial charge < -0.3 is 5.32 Å². The Hall–Kier alpha value is -1.31. The number of nitrogens with one attached hydrogen (secondary N) is 1. The first-order valence-electron chi connectivity index (χ1n) is 6.04. The van der Waals surface area contributed by atoms with E-state index >= 15 is 0 Å². The van der Waals surface area contributed by atoms with Gasteiger partial charge in [0.25, 0.3) is 0 Å². The molecule has 1 aromatic rings. The molecule has 0 radical (unpaired) electrons. The summed E-state index contributed by atoms with van der Waals surface area (Å²) in [7, 11) is 1.67. The van der Waals surface area contributed by atoms with Crippen LogP contribution in [0.15, 0.2) is 24.3 Å². The van der Waals surface area contributed by atoms with Crippen LogP contribution in [0.3, 0.4) is 0 Å². The Morgan fingerprint density at radius 1 is 1.31 bits per heavy atom. The highest BCUT2D eigenvalue weighted by Gasteiger charge is 1.99. The average Bonchev–Trinajstić information content (AvgIpc) is 2.38. The monoisotopic (exact) mass is 223 g/mol. The number of hydrogen-bond acceptors (Lipinski definition) is 1. The molecule has 2 nitrogen and oxygen atoms in total. The minimum Gasteiger partial charge on any atom is -0.359 e. The van der Waals surface area contributed by atoms with Crippen LogP contribution in [-0.4, -0.2) is 13.0 Å². The summed E-state index contributed by atoms with van der Waals surface area (Å²) in [6, 6.07) is 8.41. The standard InChI is InChI=1S/C12H17NO.C2H6.H2/c1-3-10-5-4-6-11(9-10)7-8-12(14)13-2;1-2;/h4-6,9H,3,7-8H2,1-2H3,(H,13,14);1-2H3;1H. The van der Waals surface area contributed by atoms with Gasteiger partial charge in [-0.05, 0) is 24.0 Å². The van der Waals surface area contributed by atoms with Gasteiger partial charge in [-0.2, -0.15) is 0 Å². The van der Waals surface area contributed by atoms with Gasteiger partial charge in [0.05, 0.1) is 0 Å². The van der Waals surface area contributed by atoms with Gasteiger partial charge in [0.1, 0.15) is 0 Å². The SMILES string of the molecule is CC.CCc1cccc(CCC(=O)NC)c1.[HH]. The minimum absolute atomic E-state index is 0. The maximum absolute atomic E-state index is 11.0. The van der Waals surface area contributed by atoms with Crippen LogP contribution in [0.1, 0.15) is 39.7 Å². The van der Waals surface area contributed by atoms with Crippen molar-refractivity contribution >= 4 is 5.91 Å². The van der Waals surface area contributed by atoms with Crippen molar-refractivity contribution in [1.82, 2.24) is 5.32 Å². The summed E-state index contributed by atoms with van der Waals surface area (Å²) in [5, 5.41) is 2.62. The molecule has 1 amide bonds. The Morgan fingerprint density at radius 3 is 2.50 bits per heavy atom. The van der Waals surface area contributed by atoms with E-state index in [1.54, 1.807) is 7.05 Å². The zero-order valence-corrected chi connectivity index (χ0v) is 10.8. The predicted molar refractivity (Wildman–Crippen MR) is 71.7 cm³/mol. The van der Waals surface area contributed by atoms with E-state index in [4.69, 9.17) is 0 Å². The van der Waals surface area contributed by atoms with Gasteiger partial charge >= 0.3 is 0 Å². The van der Waals surface area contributed by atoms with Gasteiger partial charge in [-0.1, -0.05) is 45.0 Å². The predicted octanol–water partition coefficient (Wildman–Crippen LogP) is 3.20. The fourth-order valence-electron chi connectivity index (χ4n) is 1.39. The minimum atomic E-state index is 0. The highest BCUT2D eigenvalue weighted by atomic mass is 16.1. The zero-order valence-electron chi connectivity index (χ0n) is 10.8. The second kappa shape index (κ2) is 8.96. The molecule has 0 saturated carbocycles. The quantitative estimate of drug-likeness (QED) is 0.834. The van der Waals surface area contributed by atoms with Crippen LogP contribution in [0.5, 0.6) is 0 Å². The Labute approximate surface area is 101 Å². The lowest BCUT2D eigenvalue weighted by molar-refractivity contribution is -0.120. The molecular weight excluding hydrogens is 198 g/mol. The topological polar surface area (TPSA) is 29.1 Å². The van der Waals surface area contributed by atoms with Crippen LogP contribution in [-0.2, 0) is 17.6 Å². The van der Waals surface area contributed by atoms with Gasteiger partial charge in [-0.15, -0.1) is 0 Å². The van der Waals surface area contributed by atoms with E-state index in [0.29, 0.717) is 6.42 Å². The number of amides is 1. The molecule has 0 atom stereocenters. The number of rotatable bonds is 4. The molecule has 0 heterocycles. The summed E-state index contributed by atoms with van der Waals surface area (Å²) >= 11 is 0. The average molecular weight is 223 g/mol. The number of carbonyl (C=O) groups excluding carboxylic acids is 1. The molecule has 1 N–H and O–H groups in total. The van der Waals surface area contributed by atoms with E-state index in [0.717, 1.165) is 12.8 Å². The van der Waals surface area contributed by atoms with Crippen molar-refractivity contribution in [3.05, 3.63) is 35.4 Å². The first-order chi connectivity index (χ1) is 7.76. The third kappa shape index (κ3) is 5.54. The Kier molecular flexibility index (Phi) is 8.22. The Bertz CT molecular complexity index is 313. The molecule has 0 aromatic heterocycles. The lowest BCUT2D eigenvalue weighted by atomic mass is 10.1. The largest absolute Gasteiger partial charge is 0.359 e. The van der Waals surface area contributed by atoms with Gasteiger partial charge in [0.2, 0.25) is 5.91 Å². The van der Waals surface area contributed by atoms with Crippen molar-refractivity contribution in [3.8, 4) is 0 Å². The first-order valence-corrected chi connectivity index (χ1v) is 6.04. The van der Waals surface area contributed by atoms with Crippen LogP contribution < -0.4 is 5.32 Å². The summed E-state index contributed by atoms with van der Waals surface area (Å²) < 4.78 is 0. The fraction of sp³-hybridized carbons (Fsp3) is 0.500. The molecule has 92 valence electrons. The van der Waals surface area contributed by atoms with E-state index in [2.05, 4.69) is 36.5 Å². The van der Waals surface area contributed by atoms with Crippen molar-refractivity contribution in [2.24, 2.45) is 0 Å². The van der Waals surface area contributed by atoms with Crippen molar-refractivity contribution in [3.63, 3.8) is 0 Å². The van der Waals surface area contributed by atoms with Crippen molar-refractivity contribution in [1.29, 1.82) is 0 Å². The van der Waals surface area contributed by atoms with Crippen molar-refractivity contribution < 1.29 is 6.22 Å². The summed E-state index contributed by atoms with van der Waals surface area (Å²) in [6.07, 6.45) is 2.45. The van der Waals surface area contributed by atoms with Gasteiger partial charge in [0, 0.05) is 14.9 Å². The van der Waals surface area contributed by atoms with Crippen LogP contribution in [0.4, 0.5) is 0 Å². The first kappa shape index (κ1) is 14.7. The van der Waals surface area contributed by atoms with Crippen LogP contribution in [0, 0.1) is 0 Å². The third-order valence-corrected chi connectivity index (χ3v) is 2.32. The summed E-state index contributed by atoms with van der Waals surface area (Å²) in [5.41, 5.74) is 2.58. The fourth-order valence-corrected chi connectivity index (χ4v) is 1.39. The maximum atomic E-state index is 11.0. The summed E-state index contributed by atoms with van der Waals surface area (Å²) in [6.45, 7) is 6.14. The molecule has 0 aliphatic rings. The van der Waals surface area contributed by atoms with Gasteiger partial charge in [0.15, 0.2) is 0 Å². The molecule has 0 spiro atoms. The molecule has 2 heteroatoms. The number of aryl methyl sites for hydroxylation is 2. The van der Waals surface area contributed by atoms with E-state index in [1.165, 1.54) is 11.1 Å². The highest BCUT2D eigenvalue weighted by Crippen LogP contribution is 2.07. The lowest BCUT2D eigenvalue weighted by Crippen LogP contribution is -2.17. The molecule has 0 unspecified atom stereocenters. The third-order valence-electron chi connectivity index (χ3n) is 2.32. The molecule has 0 fully saturated rings. The number of benzene rings is 1. The smallest absolute Gasteiger partial charge is 0.220 e. The summed E-state index contributed by atoms with van der Waals surface area (Å²) in [5.74, 6) is 0.104. The van der Waals surface area contributed by atoms with Crippen molar-refractivity contribution in [2.75, 3.05) is 7.05 Å². The maximum Gasteiger partial charge on any atom is 0.220 e. The number of hydrogen-bond donors (Lipinski definition) is 1. The molecule has 0 bridgehead atoms. The van der Waals surface area contributed by atoms with Crippen LogP contribution >= 0.6 is 0 Å². The van der Waals surface area contributed by atoms with E-state index in [1.807, 2.05) is 13.8 Å². The van der Waals surface area contributed by atoms with Gasteiger partial charge in [-0.3, -0.25) is 4.79 Å². The number of carbonyl (C=O) groups is 1. The molecular formula is C14H25NO. The second-order valence-corrected chi connectivity index (χ2v) is 3.35. The second-order valence-electron chi connectivity index (χ2n) is 3.35.